The summed E-state index contributed by atoms with van der Waals surface area (Å²) in [6.07, 6.45) is 2.59. The molecule has 3 rings (SSSR count). The van der Waals surface area contributed by atoms with Crippen LogP contribution in [-0.4, -0.2) is 34.7 Å². The fraction of sp³-hybridized carbons (Fsp3) is 0.500. The highest BCUT2D eigenvalue weighted by Crippen LogP contribution is 2.19. The number of nitrogens with one attached hydrogen (secondary N) is 2. The zero-order chi connectivity index (χ0) is 17.8. The lowest BCUT2D eigenvalue weighted by molar-refractivity contribution is -0.122. The second-order valence-corrected chi connectivity index (χ2v) is 6.62. The maximum absolute atomic E-state index is 13.3. The largest absolute Gasteiger partial charge is 0.353 e. The Morgan fingerprint density at radius 2 is 2.27 bits per heavy atom. The van der Waals surface area contributed by atoms with E-state index in [4.69, 9.17) is 4.52 Å². The quantitative estimate of drug-likeness (QED) is 0.831. The Morgan fingerprint density at radius 3 is 3.00 bits per heavy atom. The number of aryl methyl sites for hydroxylation is 2. The highest BCUT2D eigenvalue weighted by Gasteiger charge is 2.20. The summed E-state index contributed by atoms with van der Waals surface area (Å²) < 4.78 is 18.5. The first-order valence-corrected chi connectivity index (χ1v) is 8.63. The van der Waals surface area contributed by atoms with Crippen molar-refractivity contribution in [3.8, 4) is 11.4 Å². The molecule has 0 radical (unpaired) electrons. The first-order valence-electron chi connectivity index (χ1n) is 8.63. The molecule has 0 bridgehead atoms. The van der Waals surface area contributed by atoms with E-state index in [-0.39, 0.29) is 30.2 Å². The molecular weight excluding hydrogens is 359 g/mol. The summed E-state index contributed by atoms with van der Waals surface area (Å²) in [5, 5.41) is 10.3. The van der Waals surface area contributed by atoms with Crippen molar-refractivity contribution in [1.82, 2.24) is 20.8 Å². The van der Waals surface area contributed by atoms with Crippen LogP contribution in [0.25, 0.3) is 11.4 Å². The van der Waals surface area contributed by atoms with E-state index in [1.807, 2.05) is 0 Å². The number of halogens is 2. The molecule has 2 N–H and O–H groups in total. The van der Waals surface area contributed by atoms with Crippen LogP contribution in [0.4, 0.5) is 4.39 Å². The van der Waals surface area contributed by atoms with E-state index in [0.717, 1.165) is 19.4 Å². The van der Waals surface area contributed by atoms with Crippen molar-refractivity contribution in [3.63, 3.8) is 0 Å². The van der Waals surface area contributed by atoms with Gasteiger partial charge in [-0.1, -0.05) is 5.16 Å². The summed E-state index contributed by atoms with van der Waals surface area (Å²) >= 11 is 0. The Bertz CT molecular complexity index is 753. The van der Waals surface area contributed by atoms with Gasteiger partial charge in [-0.15, -0.1) is 12.4 Å². The van der Waals surface area contributed by atoms with Gasteiger partial charge in [0.2, 0.25) is 17.6 Å². The van der Waals surface area contributed by atoms with E-state index in [1.165, 1.54) is 6.07 Å². The van der Waals surface area contributed by atoms with Crippen LogP contribution in [-0.2, 0) is 11.2 Å². The first kappa shape index (κ1) is 20.3. The fourth-order valence-electron chi connectivity index (χ4n) is 3.04. The molecule has 2 atom stereocenters. The third-order valence-corrected chi connectivity index (χ3v) is 4.44. The molecule has 0 saturated carbocycles. The zero-order valence-electron chi connectivity index (χ0n) is 14.9. The Kier molecular flexibility index (Phi) is 7.11. The molecule has 26 heavy (non-hydrogen) atoms. The van der Waals surface area contributed by atoms with Gasteiger partial charge in [-0.2, -0.15) is 4.98 Å². The van der Waals surface area contributed by atoms with Gasteiger partial charge in [0.1, 0.15) is 5.82 Å². The van der Waals surface area contributed by atoms with Crippen LogP contribution in [0.2, 0.25) is 0 Å². The molecule has 1 aliphatic rings. The van der Waals surface area contributed by atoms with Crippen molar-refractivity contribution < 1.29 is 13.7 Å². The molecule has 0 spiro atoms. The average molecular weight is 383 g/mol. The number of carbonyl (C=O) groups is 1. The first-order chi connectivity index (χ1) is 12.0. The number of rotatable bonds is 5. The van der Waals surface area contributed by atoms with Gasteiger partial charge in [-0.25, -0.2) is 4.39 Å². The maximum Gasteiger partial charge on any atom is 0.227 e. The van der Waals surface area contributed by atoms with Gasteiger partial charge in [-0.3, -0.25) is 4.79 Å². The third-order valence-electron chi connectivity index (χ3n) is 4.44. The SMILES string of the molecule is Cc1cc(-c2noc(CCC(=O)NC3CCNC(C)C3)n2)ccc1F.Cl. The van der Waals surface area contributed by atoms with Crippen LogP contribution >= 0.6 is 12.4 Å². The van der Waals surface area contributed by atoms with Gasteiger partial charge in [0.05, 0.1) is 0 Å². The molecule has 2 unspecified atom stereocenters. The van der Waals surface area contributed by atoms with Crippen molar-refractivity contribution in [2.24, 2.45) is 0 Å². The average Bonchev–Trinajstić information content (AvgIpc) is 3.04. The molecule has 0 aliphatic carbocycles. The Labute approximate surface area is 158 Å². The van der Waals surface area contributed by atoms with Crippen molar-refractivity contribution in [1.29, 1.82) is 0 Å². The van der Waals surface area contributed by atoms with Crippen molar-refractivity contribution >= 4 is 18.3 Å². The summed E-state index contributed by atoms with van der Waals surface area (Å²) in [4.78, 5) is 16.4. The predicted octanol–water partition coefficient (Wildman–Crippen LogP) is 2.80. The number of piperidine rings is 1. The van der Waals surface area contributed by atoms with Gasteiger partial charge >= 0.3 is 0 Å². The normalized spacial score (nSPS) is 19.7. The molecule has 2 aromatic rings. The second kappa shape index (κ2) is 9.09. The molecule has 2 heterocycles. The van der Waals surface area contributed by atoms with E-state index in [9.17, 15) is 9.18 Å². The molecule has 1 amide bonds. The third kappa shape index (κ3) is 5.25. The summed E-state index contributed by atoms with van der Waals surface area (Å²) in [5.41, 5.74) is 1.22. The van der Waals surface area contributed by atoms with Crippen LogP contribution in [0.5, 0.6) is 0 Å². The van der Waals surface area contributed by atoms with Gasteiger partial charge in [0.25, 0.3) is 0 Å². The zero-order valence-corrected chi connectivity index (χ0v) is 15.7. The highest BCUT2D eigenvalue weighted by atomic mass is 35.5. The maximum atomic E-state index is 13.3. The minimum Gasteiger partial charge on any atom is -0.353 e. The van der Waals surface area contributed by atoms with Crippen LogP contribution in [0, 0.1) is 12.7 Å². The standard InChI is InChI=1S/C18H23FN4O2.ClH/c1-11-9-13(3-4-15(11)19)18-22-17(25-23-18)6-5-16(24)21-14-7-8-20-12(2)10-14;/h3-4,9,12,14,20H,5-8,10H2,1-2H3,(H,21,24);1H. The Balaban J connectivity index is 0.00000243. The monoisotopic (exact) mass is 382 g/mol. The molecular formula is C18H24ClFN4O2. The van der Waals surface area contributed by atoms with Crippen LogP contribution in [0.1, 0.15) is 37.6 Å². The number of hydrogen-bond donors (Lipinski definition) is 2. The molecule has 142 valence electrons. The van der Waals surface area contributed by atoms with Crippen LogP contribution in [0.3, 0.4) is 0 Å². The van der Waals surface area contributed by atoms with Gasteiger partial charge in [-0.05, 0) is 57.0 Å². The number of hydrogen-bond acceptors (Lipinski definition) is 5. The van der Waals surface area contributed by atoms with E-state index >= 15 is 0 Å². The minimum absolute atomic E-state index is 0. The smallest absolute Gasteiger partial charge is 0.227 e. The highest BCUT2D eigenvalue weighted by molar-refractivity contribution is 5.85. The molecule has 1 saturated heterocycles. The van der Waals surface area contributed by atoms with Gasteiger partial charge in [0.15, 0.2) is 0 Å². The van der Waals surface area contributed by atoms with Crippen molar-refractivity contribution in [3.05, 3.63) is 35.5 Å². The fourth-order valence-corrected chi connectivity index (χ4v) is 3.04. The molecule has 1 aromatic carbocycles. The molecule has 8 heteroatoms. The van der Waals surface area contributed by atoms with Crippen LogP contribution < -0.4 is 10.6 Å². The predicted molar refractivity (Wildman–Crippen MR) is 98.6 cm³/mol. The summed E-state index contributed by atoms with van der Waals surface area (Å²) in [7, 11) is 0. The molecule has 1 fully saturated rings. The molecule has 1 aromatic heterocycles. The van der Waals surface area contributed by atoms with Gasteiger partial charge < -0.3 is 15.2 Å². The summed E-state index contributed by atoms with van der Waals surface area (Å²) in [5.74, 6) is 0.546. The Morgan fingerprint density at radius 1 is 1.46 bits per heavy atom. The number of carbonyl (C=O) groups excluding carboxylic acids is 1. The van der Waals surface area contributed by atoms with Crippen molar-refractivity contribution in [2.75, 3.05) is 6.54 Å². The Hall–Kier alpha value is -1.99. The number of nitrogens with zero attached hydrogens (tertiary/aromatic N) is 2. The van der Waals surface area contributed by atoms with E-state index in [2.05, 4.69) is 27.7 Å². The minimum atomic E-state index is -0.267. The lowest BCUT2D eigenvalue weighted by Crippen LogP contribution is -2.46. The van der Waals surface area contributed by atoms with E-state index < -0.39 is 0 Å². The second-order valence-electron chi connectivity index (χ2n) is 6.62. The number of aromatic nitrogens is 2. The van der Waals surface area contributed by atoms with E-state index in [1.54, 1.807) is 19.1 Å². The topological polar surface area (TPSA) is 80.0 Å². The summed E-state index contributed by atoms with van der Waals surface area (Å²) in [6.45, 7) is 4.73. The number of amides is 1. The van der Waals surface area contributed by atoms with E-state index in [0.29, 0.717) is 41.7 Å². The lowest BCUT2D eigenvalue weighted by Gasteiger charge is -2.28. The summed E-state index contributed by atoms with van der Waals surface area (Å²) in [6, 6.07) is 5.33. The number of benzene rings is 1. The van der Waals surface area contributed by atoms with Crippen molar-refractivity contribution in [2.45, 2.75) is 51.6 Å². The van der Waals surface area contributed by atoms with Crippen LogP contribution in [0.15, 0.2) is 22.7 Å². The molecule has 1 aliphatic heterocycles. The molecule has 6 nitrogen and oxygen atoms in total. The lowest BCUT2D eigenvalue weighted by atomic mass is 10.0. The van der Waals surface area contributed by atoms with Gasteiger partial charge in [0, 0.05) is 30.5 Å².